The molecule has 1 aliphatic heterocycles. The first kappa shape index (κ1) is 13.9. The van der Waals surface area contributed by atoms with Gasteiger partial charge in [-0.1, -0.05) is 39.0 Å². The molecule has 19 heavy (non-hydrogen) atoms. The van der Waals surface area contributed by atoms with Gasteiger partial charge in [-0.3, -0.25) is 0 Å². The summed E-state index contributed by atoms with van der Waals surface area (Å²) in [5, 5.41) is 3.71. The maximum absolute atomic E-state index is 6.36. The predicted octanol–water partition coefficient (Wildman–Crippen LogP) is 3.89. The molecule has 3 unspecified atom stereocenters. The first-order valence-corrected chi connectivity index (χ1v) is 8.66. The maximum atomic E-state index is 6.36. The van der Waals surface area contributed by atoms with Gasteiger partial charge in [0, 0.05) is 6.54 Å². The van der Waals surface area contributed by atoms with Crippen LogP contribution in [0.2, 0.25) is 0 Å². The van der Waals surface area contributed by atoms with Gasteiger partial charge >= 0.3 is 0 Å². The molecule has 3 aliphatic rings. The van der Waals surface area contributed by atoms with E-state index >= 15 is 0 Å². The third kappa shape index (κ3) is 3.33. The smallest absolute Gasteiger partial charge is 0.0708 e. The molecule has 0 aromatic heterocycles. The Balaban J connectivity index is 1.36. The largest absolute Gasteiger partial charge is 0.370 e. The van der Waals surface area contributed by atoms with E-state index in [1.807, 2.05) is 0 Å². The predicted molar refractivity (Wildman–Crippen MR) is 79.3 cm³/mol. The molecule has 0 amide bonds. The highest BCUT2D eigenvalue weighted by molar-refractivity contribution is 4.93. The molecule has 3 rings (SSSR count). The van der Waals surface area contributed by atoms with Gasteiger partial charge in [-0.15, -0.1) is 0 Å². The summed E-state index contributed by atoms with van der Waals surface area (Å²) in [5.41, 5.74) is 0.310. The van der Waals surface area contributed by atoms with E-state index in [2.05, 4.69) is 12.2 Å². The summed E-state index contributed by atoms with van der Waals surface area (Å²) in [7, 11) is 0. The van der Waals surface area contributed by atoms with Gasteiger partial charge < -0.3 is 10.1 Å². The van der Waals surface area contributed by atoms with E-state index in [9.17, 15) is 0 Å². The first-order valence-electron chi connectivity index (χ1n) is 8.66. The summed E-state index contributed by atoms with van der Waals surface area (Å²) in [5.74, 6) is 1.84. The molecule has 110 valence electrons. The molecule has 0 bridgehead atoms. The third-order valence-electron chi connectivity index (χ3n) is 5.92. The van der Waals surface area contributed by atoms with Gasteiger partial charge in [0.05, 0.1) is 11.7 Å². The Labute approximate surface area is 118 Å². The lowest BCUT2D eigenvalue weighted by Crippen LogP contribution is -2.35. The Morgan fingerprint density at radius 2 is 1.74 bits per heavy atom. The molecular formula is C17H31NO. The van der Waals surface area contributed by atoms with Gasteiger partial charge in [-0.25, -0.2) is 0 Å². The summed E-state index contributed by atoms with van der Waals surface area (Å²) < 4.78 is 6.36. The minimum atomic E-state index is 0.310. The van der Waals surface area contributed by atoms with Crippen LogP contribution in [-0.2, 0) is 4.74 Å². The minimum absolute atomic E-state index is 0.310. The summed E-state index contributed by atoms with van der Waals surface area (Å²) >= 11 is 0. The average molecular weight is 265 g/mol. The van der Waals surface area contributed by atoms with E-state index in [4.69, 9.17) is 4.74 Å². The van der Waals surface area contributed by atoms with Gasteiger partial charge in [-0.05, 0) is 50.5 Å². The Morgan fingerprint density at radius 3 is 2.53 bits per heavy atom. The number of rotatable bonds is 4. The number of ether oxygens (including phenoxy) is 1. The molecule has 3 atom stereocenters. The van der Waals surface area contributed by atoms with E-state index in [1.54, 1.807) is 0 Å². The van der Waals surface area contributed by atoms with Crippen molar-refractivity contribution in [1.82, 2.24) is 5.32 Å². The molecular weight excluding hydrogens is 234 g/mol. The summed E-state index contributed by atoms with van der Waals surface area (Å²) in [6.45, 7) is 4.74. The van der Waals surface area contributed by atoms with Crippen LogP contribution in [0, 0.1) is 11.8 Å². The van der Waals surface area contributed by atoms with Crippen LogP contribution in [-0.4, -0.2) is 24.8 Å². The number of nitrogens with one attached hydrogen (secondary N) is 1. The van der Waals surface area contributed by atoms with Gasteiger partial charge in [0.25, 0.3) is 0 Å². The number of hydrogen-bond donors (Lipinski definition) is 1. The SMILES string of the molecule is CC1CCCCC1CNCC1CCC2(CCCC2)O1. The second-order valence-corrected chi connectivity index (χ2v) is 7.35. The van der Waals surface area contributed by atoms with Crippen molar-refractivity contribution in [2.24, 2.45) is 11.8 Å². The van der Waals surface area contributed by atoms with Gasteiger partial charge in [0.1, 0.15) is 0 Å². The fraction of sp³-hybridized carbons (Fsp3) is 1.00. The highest BCUT2D eigenvalue weighted by atomic mass is 16.5. The van der Waals surface area contributed by atoms with Crippen molar-refractivity contribution >= 4 is 0 Å². The van der Waals surface area contributed by atoms with Gasteiger partial charge in [-0.2, -0.15) is 0 Å². The van der Waals surface area contributed by atoms with Crippen LogP contribution in [0.3, 0.4) is 0 Å². The van der Waals surface area contributed by atoms with Crippen molar-refractivity contribution in [3.8, 4) is 0 Å². The first-order chi connectivity index (χ1) is 9.27. The van der Waals surface area contributed by atoms with Crippen LogP contribution >= 0.6 is 0 Å². The molecule has 1 N–H and O–H groups in total. The minimum Gasteiger partial charge on any atom is -0.370 e. The fourth-order valence-corrected chi connectivity index (χ4v) is 4.55. The van der Waals surface area contributed by atoms with Crippen LogP contribution in [0.25, 0.3) is 0 Å². The lowest BCUT2D eigenvalue weighted by atomic mass is 9.80. The van der Waals surface area contributed by atoms with Gasteiger partial charge in [0.15, 0.2) is 0 Å². The molecule has 0 radical (unpaired) electrons. The quantitative estimate of drug-likeness (QED) is 0.832. The second-order valence-electron chi connectivity index (χ2n) is 7.35. The monoisotopic (exact) mass is 265 g/mol. The zero-order valence-electron chi connectivity index (χ0n) is 12.6. The van der Waals surface area contributed by atoms with E-state index in [-0.39, 0.29) is 0 Å². The van der Waals surface area contributed by atoms with Crippen LogP contribution in [0.5, 0.6) is 0 Å². The highest BCUT2D eigenvalue weighted by Gasteiger charge is 2.41. The summed E-state index contributed by atoms with van der Waals surface area (Å²) in [6, 6.07) is 0. The summed E-state index contributed by atoms with van der Waals surface area (Å²) in [6.07, 6.45) is 14.3. The van der Waals surface area contributed by atoms with Crippen molar-refractivity contribution < 1.29 is 4.74 Å². The van der Waals surface area contributed by atoms with Crippen LogP contribution in [0.1, 0.15) is 71.1 Å². The number of hydrogen-bond acceptors (Lipinski definition) is 2. The zero-order valence-corrected chi connectivity index (χ0v) is 12.6. The fourth-order valence-electron chi connectivity index (χ4n) is 4.55. The van der Waals surface area contributed by atoms with E-state index < -0.39 is 0 Å². The molecule has 0 aromatic rings. The van der Waals surface area contributed by atoms with Crippen molar-refractivity contribution in [2.75, 3.05) is 13.1 Å². The molecule has 2 aliphatic carbocycles. The molecule has 1 spiro atoms. The second kappa shape index (κ2) is 6.13. The Bertz CT molecular complexity index is 285. The van der Waals surface area contributed by atoms with E-state index in [1.165, 1.54) is 70.8 Å². The Kier molecular flexibility index (Phi) is 4.48. The normalized spacial score (nSPS) is 38.1. The Hall–Kier alpha value is -0.0800. The molecule has 0 aromatic carbocycles. The highest BCUT2D eigenvalue weighted by Crippen LogP contribution is 2.43. The third-order valence-corrected chi connectivity index (χ3v) is 5.92. The maximum Gasteiger partial charge on any atom is 0.0708 e. The lowest BCUT2D eigenvalue weighted by molar-refractivity contribution is -0.0355. The topological polar surface area (TPSA) is 21.3 Å². The van der Waals surface area contributed by atoms with Crippen molar-refractivity contribution in [1.29, 1.82) is 0 Å². The van der Waals surface area contributed by atoms with Crippen molar-refractivity contribution in [3.05, 3.63) is 0 Å². The van der Waals surface area contributed by atoms with Crippen LogP contribution < -0.4 is 5.32 Å². The van der Waals surface area contributed by atoms with Gasteiger partial charge in [0.2, 0.25) is 0 Å². The van der Waals surface area contributed by atoms with Crippen LogP contribution in [0.4, 0.5) is 0 Å². The van der Waals surface area contributed by atoms with Crippen molar-refractivity contribution in [2.45, 2.75) is 82.8 Å². The summed E-state index contributed by atoms with van der Waals surface area (Å²) in [4.78, 5) is 0. The van der Waals surface area contributed by atoms with E-state index in [0.29, 0.717) is 11.7 Å². The Morgan fingerprint density at radius 1 is 0.947 bits per heavy atom. The molecule has 2 nitrogen and oxygen atoms in total. The lowest BCUT2D eigenvalue weighted by Gasteiger charge is -2.29. The molecule has 3 fully saturated rings. The van der Waals surface area contributed by atoms with Crippen LogP contribution in [0.15, 0.2) is 0 Å². The standard InChI is InChI=1S/C17H31NO/c1-14-6-2-3-7-15(14)12-18-13-16-8-11-17(19-16)9-4-5-10-17/h14-16,18H,2-13H2,1H3. The zero-order chi connectivity index (χ0) is 13.1. The average Bonchev–Trinajstić information content (AvgIpc) is 3.03. The molecule has 1 heterocycles. The molecule has 2 saturated carbocycles. The van der Waals surface area contributed by atoms with Crippen molar-refractivity contribution in [3.63, 3.8) is 0 Å². The van der Waals surface area contributed by atoms with E-state index in [0.717, 1.165) is 18.4 Å². The molecule has 2 heteroatoms. The molecule has 1 saturated heterocycles.